The highest BCUT2D eigenvalue weighted by molar-refractivity contribution is 5.93. The number of hydrogen-bond acceptors (Lipinski definition) is 3. The van der Waals surface area contributed by atoms with Gasteiger partial charge in [-0.05, 0) is 37.3 Å². The number of anilines is 1. The Bertz CT molecular complexity index is 876. The lowest BCUT2D eigenvalue weighted by Gasteiger charge is -2.31. The van der Waals surface area contributed by atoms with Gasteiger partial charge < -0.3 is 10.2 Å². The van der Waals surface area contributed by atoms with Crippen LogP contribution in [-0.4, -0.2) is 39.6 Å². The quantitative estimate of drug-likeness (QED) is 0.754. The van der Waals surface area contributed by atoms with Crippen molar-refractivity contribution in [3.63, 3.8) is 0 Å². The number of amides is 2. The number of nitrogens with zero attached hydrogens (tertiary/aromatic N) is 3. The molecule has 30 heavy (non-hydrogen) atoms. The summed E-state index contributed by atoms with van der Waals surface area (Å²) in [6.07, 6.45) is 12.6. The summed E-state index contributed by atoms with van der Waals surface area (Å²) in [6, 6.07) is 12.1. The molecule has 1 aromatic heterocycles. The number of carbonyl (C=O) groups excluding carboxylic acids is 2. The lowest BCUT2D eigenvalue weighted by Crippen LogP contribution is -2.41. The Labute approximate surface area is 178 Å². The molecule has 1 aromatic carbocycles. The lowest BCUT2D eigenvalue weighted by atomic mass is 9.95. The summed E-state index contributed by atoms with van der Waals surface area (Å²) >= 11 is 0. The number of nitrogens with one attached hydrogen (secondary N) is 1. The minimum Gasteiger partial charge on any atom is -0.339 e. The fourth-order valence-electron chi connectivity index (χ4n) is 4.46. The average Bonchev–Trinajstić information content (AvgIpc) is 3.27. The highest BCUT2D eigenvalue weighted by Crippen LogP contribution is 2.30. The molecular formula is C24H30N4O2. The van der Waals surface area contributed by atoms with Gasteiger partial charge in [-0.25, -0.2) is 4.68 Å². The van der Waals surface area contributed by atoms with Gasteiger partial charge in [0.05, 0.1) is 12.2 Å². The van der Waals surface area contributed by atoms with Crippen LogP contribution < -0.4 is 5.32 Å². The van der Waals surface area contributed by atoms with E-state index in [1.54, 1.807) is 12.3 Å². The third-order valence-corrected chi connectivity index (χ3v) is 6.24. The minimum atomic E-state index is -0.0677. The molecular weight excluding hydrogens is 376 g/mol. The third-order valence-electron chi connectivity index (χ3n) is 6.24. The van der Waals surface area contributed by atoms with E-state index in [9.17, 15) is 9.59 Å². The summed E-state index contributed by atoms with van der Waals surface area (Å²) in [7, 11) is 0. The number of rotatable bonds is 5. The van der Waals surface area contributed by atoms with Crippen LogP contribution in [0, 0.1) is 5.92 Å². The molecule has 2 aromatic rings. The molecule has 2 heterocycles. The summed E-state index contributed by atoms with van der Waals surface area (Å²) in [5.41, 5.74) is 1.01. The predicted molar refractivity (Wildman–Crippen MR) is 118 cm³/mol. The molecule has 0 radical (unpaired) electrons. The minimum absolute atomic E-state index is 0.00749. The van der Waals surface area contributed by atoms with E-state index < -0.39 is 0 Å². The van der Waals surface area contributed by atoms with E-state index in [0.717, 1.165) is 24.2 Å². The van der Waals surface area contributed by atoms with Crippen LogP contribution in [0.25, 0.3) is 6.08 Å². The van der Waals surface area contributed by atoms with Crippen LogP contribution in [0.3, 0.4) is 0 Å². The fourth-order valence-corrected chi connectivity index (χ4v) is 4.46. The molecule has 0 unspecified atom stereocenters. The van der Waals surface area contributed by atoms with Crippen molar-refractivity contribution < 1.29 is 9.59 Å². The molecule has 2 aliphatic rings. The second-order valence-electron chi connectivity index (χ2n) is 8.29. The summed E-state index contributed by atoms with van der Waals surface area (Å²) in [5.74, 6) is 0.783. The highest BCUT2D eigenvalue weighted by atomic mass is 16.2. The molecule has 1 N–H and O–H groups in total. The van der Waals surface area contributed by atoms with Gasteiger partial charge in [0.15, 0.2) is 0 Å². The maximum absolute atomic E-state index is 12.8. The first-order valence-corrected chi connectivity index (χ1v) is 11.1. The molecule has 2 amide bonds. The first kappa shape index (κ1) is 20.4. The van der Waals surface area contributed by atoms with E-state index >= 15 is 0 Å². The van der Waals surface area contributed by atoms with Crippen LogP contribution >= 0.6 is 0 Å². The van der Waals surface area contributed by atoms with Gasteiger partial charge in [0.25, 0.3) is 0 Å². The van der Waals surface area contributed by atoms with Gasteiger partial charge in [0, 0.05) is 31.1 Å². The molecule has 158 valence electrons. The number of hydrogen-bond donors (Lipinski definition) is 1. The molecule has 1 aliphatic carbocycles. The molecule has 0 atom stereocenters. The van der Waals surface area contributed by atoms with Gasteiger partial charge in [-0.1, -0.05) is 49.6 Å². The van der Waals surface area contributed by atoms with Gasteiger partial charge >= 0.3 is 0 Å². The maximum atomic E-state index is 12.8. The molecule has 1 saturated heterocycles. The molecule has 6 nitrogen and oxygen atoms in total. The highest BCUT2D eigenvalue weighted by Gasteiger charge is 2.28. The topological polar surface area (TPSA) is 67.2 Å². The Morgan fingerprint density at radius 2 is 1.70 bits per heavy atom. The van der Waals surface area contributed by atoms with Gasteiger partial charge in [0.2, 0.25) is 11.8 Å². The zero-order chi connectivity index (χ0) is 20.8. The first-order chi connectivity index (χ1) is 14.7. The van der Waals surface area contributed by atoms with Crippen molar-refractivity contribution in [3.05, 3.63) is 54.2 Å². The Balaban J connectivity index is 1.28. The van der Waals surface area contributed by atoms with Gasteiger partial charge in [-0.3, -0.25) is 9.59 Å². The molecule has 6 heteroatoms. The zero-order valence-corrected chi connectivity index (χ0v) is 17.4. The first-order valence-electron chi connectivity index (χ1n) is 11.1. The van der Waals surface area contributed by atoms with Crippen molar-refractivity contribution in [2.24, 2.45) is 5.92 Å². The third kappa shape index (κ3) is 4.99. The summed E-state index contributed by atoms with van der Waals surface area (Å²) in [5, 5.41) is 7.55. The van der Waals surface area contributed by atoms with Crippen molar-refractivity contribution in [2.75, 3.05) is 18.4 Å². The van der Waals surface area contributed by atoms with Crippen LogP contribution in [0.4, 0.5) is 5.82 Å². The van der Waals surface area contributed by atoms with Crippen molar-refractivity contribution in [2.45, 2.75) is 51.0 Å². The molecule has 1 aliphatic heterocycles. The second-order valence-corrected chi connectivity index (χ2v) is 8.29. The monoisotopic (exact) mass is 406 g/mol. The van der Waals surface area contributed by atoms with E-state index in [0.29, 0.717) is 32.0 Å². The van der Waals surface area contributed by atoms with E-state index in [1.165, 1.54) is 19.3 Å². The fraction of sp³-hybridized carbons (Fsp3) is 0.458. The molecule has 1 saturated carbocycles. The smallest absolute Gasteiger partial charge is 0.246 e. The van der Waals surface area contributed by atoms with Gasteiger partial charge in [-0.2, -0.15) is 5.10 Å². The largest absolute Gasteiger partial charge is 0.339 e. The van der Waals surface area contributed by atoms with Crippen LogP contribution in [0.5, 0.6) is 0 Å². The number of aromatic nitrogens is 2. The van der Waals surface area contributed by atoms with Crippen molar-refractivity contribution in [3.8, 4) is 0 Å². The van der Waals surface area contributed by atoms with Crippen LogP contribution in [-0.2, 0) is 9.59 Å². The predicted octanol–water partition coefficient (Wildman–Crippen LogP) is 4.28. The summed E-state index contributed by atoms with van der Waals surface area (Å²) in [4.78, 5) is 27.1. The summed E-state index contributed by atoms with van der Waals surface area (Å²) in [6.45, 7) is 1.22. The zero-order valence-electron chi connectivity index (χ0n) is 17.4. The Morgan fingerprint density at radius 3 is 2.43 bits per heavy atom. The van der Waals surface area contributed by atoms with Gasteiger partial charge in [0.1, 0.15) is 5.82 Å². The average molecular weight is 407 g/mol. The number of likely N-dealkylation sites (tertiary alicyclic amines) is 1. The van der Waals surface area contributed by atoms with E-state index in [1.807, 2.05) is 52.1 Å². The van der Waals surface area contributed by atoms with Gasteiger partial charge in [-0.15, -0.1) is 0 Å². The summed E-state index contributed by atoms with van der Waals surface area (Å²) < 4.78 is 1.99. The number of benzene rings is 1. The maximum Gasteiger partial charge on any atom is 0.246 e. The molecule has 0 spiro atoms. The Morgan fingerprint density at radius 1 is 0.967 bits per heavy atom. The Hall–Kier alpha value is -2.89. The van der Waals surface area contributed by atoms with E-state index in [2.05, 4.69) is 10.4 Å². The van der Waals surface area contributed by atoms with Crippen LogP contribution in [0.2, 0.25) is 0 Å². The van der Waals surface area contributed by atoms with Crippen molar-refractivity contribution in [1.82, 2.24) is 14.7 Å². The molecule has 2 fully saturated rings. The van der Waals surface area contributed by atoms with E-state index in [4.69, 9.17) is 0 Å². The van der Waals surface area contributed by atoms with E-state index in [-0.39, 0.29) is 17.7 Å². The number of piperidine rings is 1. The molecule has 4 rings (SSSR count). The second kappa shape index (κ2) is 9.74. The van der Waals surface area contributed by atoms with Crippen LogP contribution in [0.15, 0.2) is 48.7 Å². The van der Waals surface area contributed by atoms with Crippen LogP contribution in [0.1, 0.15) is 56.6 Å². The normalized spacial score (nSPS) is 18.6. The standard InChI is InChI=1S/C24H30N4O2/c29-23(12-11-19-7-3-1-4-8-19)27-17-14-20(15-18-27)24(30)26-22-13-16-25-28(22)21-9-5-2-6-10-21/h1,3-4,7-8,11-13,16,20-21H,2,5-6,9-10,14-15,17-18H2,(H,26,30)/b12-11+. The van der Waals surface area contributed by atoms with Crippen molar-refractivity contribution in [1.29, 1.82) is 0 Å². The molecule has 0 bridgehead atoms. The lowest BCUT2D eigenvalue weighted by molar-refractivity contribution is -0.130. The number of carbonyl (C=O) groups is 2. The Kier molecular flexibility index (Phi) is 6.62. The van der Waals surface area contributed by atoms with Crippen molar-refractivity contribution >= 4 is 23.7 Å². The SMILES string of the molecule is O=C(Nc1ccnn1C1CCCCC1)C1CCN(C(=O)/C=C/c2ccccc2)CC1.